The Labute approximate surface area is 202 Å². The highest BCUT2D eigenvalue weighted by molar-refractivity contribution is 7.94. The fourth-order valence-corrected chi connectivity index (χ4v) is 5.74. The molecule has 0 radical (unpaired) electrons. The molecule has 0 unspecified atom stereocenters. The van der Waals surface area contributed by atoms with Gasteiger partial charge in [-0.25, -0.2) is 8.42 Å². The molecule has 0 saturated carbocycles. The van der Waals surface area contributed by atoms with Gasteiger partial charge in [0.2, 0.25) is 0 Å². The van der Waals surface area contributed by atoms with Gasteiger partial charge >= 0.3 is 0 Å². The van der Waals surface area contributed by atoms with Crippen molar-refractivity contribution in [2.75, 3.05) is 33.2 Å². The van der Waals surface area contributed by atoms with Crippen LogP contribution in [0.4, 0.5) is 5.69 Å². The van der Waals surface area contributed by atoms with E-state index < -0.39 is 10.0 Å². The molecule has 10 heteroatoms. The van der Waals surface area contributed by atoms with Crippen LogP contribution in [0, 0.1) is 0 Å². The lowest BCUT2D eigenvalue weighted by atomic mass is 10.0. The zero-order valence-corrected chi connectivity index (χ0v) is 20.7. The number of thiophene rings is 1. The molecule has 1 N–H and O–H groups in total. The predicted octanol–water partition coefficient (Wildman–Crippen LogP) is 4.72. The van der Waals surface area contributed by atoms with Crippen molar-refractivity contribution in [1.29, 1.82) is 0 Å². The molecule has 0 aliphatic carbocycles. The maximum atomic E-state index is 13.0. The van der Waals surface area contributed by atoms with Gasteiger partial charge in [0.25, 0.3) is 10.0 Å². The summed E-state index contributed by atoms with van der Waals surface area (Å²) >= 11 is 1.14. The number of aromatic nitrogens is 1. The van der Waals surface area contributed by atoms with Crippen LogP contribution in [0.2, 0.25) is 0 Å². The molecule has 0 atom stereocenters. The Bertz CT molecular complexity index is 1420. The van der Waals surface area contributed by atoms with Gasteiger partial charge in [0.05, 0.1) is 39.8 Å². The molecule has 8 nitrogen and oxygen atoms in total. The Kier molecular flexibility index (Phi) is 6.80. The molecule has 0 saturated heterocycles. The second kappa shape index (κ2) is 9.78. The van der Waals surface area contributed by atoms with E-state index in [1.165, 1.54) is 14.2 Å². The van der Waals surface area contributed by atoms with Crippen LogP contribution in [0.15, 0.2) is 58.3 Å². The van der Waals surface area contributed by atoms with Crippen molar-refractivity contribution in [3.8, 4) is 23.0 Å². The third-order valence-electron chi connectivity index (χ3n) is 5.32. The highest BCUT2D eigenvalue weighted by atomic mass is 32.2. The van der Waals surface area contributed by atoms with E-state index in [9.17, 15) is 8.42 Å². The SMILES string of the molecule is COc1cc(Cc2nccc3cc(OC)c(OC)cc23)c(NS(=O)(=O)c2cccs2)cc1OC. The maximum Gasteiger partial charge on any atom is 0.271 e. The molecule has 178 valence electrons. The van der Waals surface area contributed by atoms with Gasteiger partial charge in [-0.1, -0.05) is 6.07 Å². The molecule has 0 aliphatic rings. The Balaban J connectivity index is 1.83. The van der Waals surface area contributed by atoms with E-state index in [2.05, 4.69) is 9.71 Å². The summed E-state index contributed by atoms with van der Waals surface area (Å²) in [5.74, 6) is 2.08. The van der Waals surface area contributed by atoms with E-state index in [0.717, 1.165) is 27.8 Å². The first-order valence-corrected chi connectivity index (χ1v) is 12.6. The second-order valence-electron chi connectivity index (χ2n) is 7.26. The minimum atomic E-state index is -3.78. The van der Waals surface area contributed by atoms with Gasteiger partial charge in [0, 0.05) is 24.1 Å². The van der Waals surface area contributed by atoms with Gasteiger partial charge in [-0.15, -0.1) is 11.3 Å². The van der Waals surface area contributed by atoms with Crippen LogP contribution in [0.3, 0.4) is 0 Å². The summed E-state index contributed by atoms with van der Waals surface area (Å²) in [6.45, 7) is 0. The Morgan fingerprint density at radius 1 is 0.882 bits per heavy atom. The largest absolute Gasteiger partial charge is 0.493 e. The number of benzene rings is 2. The van der Waals surface area contributed by atoms with Crippen LogP contribution in [0.5, 0.6) is 23.0 Å². The van der Waals surface area contributed by atoms with Crippen molar-refractivity contribution in [2.24, 2.45) is 0 Å². The smallest absolute Gasteiger partial charge is 0.271 e. The fraction of sp³-hybridized carbons (Fsp3) is 0.208. The summed E-state index contributed by atoms with van der Waals surface area (Å²) in [6.07, 6.45) is 2.04. The number of pyridine rings is 1. The third kappa shape index (κ3) is 4.59. The Morgan fingerprint density at radius 3 is 2.18 bits per heavy atom. The quantitative estimate of drug-likeness (QED) is 0.355. The number of sulfonamides is 1. The molecule has 4 rings (SSSR count). The number of anilines is 1. The van der Waals surface area contributed by atoms with Gasteiger partial charge in [-0.2, -0.15) is 0 Å². The van der Waals surface area contributed by atoms with Gasteiger partial charge in [0.1, 0.15) is 4.21 Å². The minimum absolute atomic E-state index is 0.216. The lowest BCUT2D eigenvalue weighted by Gasteiger charge is -2.17. The van der Waals surface area contributed by atoms with Crippen molar-refractivity contribution >= 4 is 37.8 Å². The fourth-order valence-electron chi connectivity index (χ4n) is 3.65. The normalized spacial score (nSPS) is 11.3. The zero-order chi connectivity index (χ0) is 24.3. The van der Waals surface area contributed by atoms with E-state index in [1.54, 1.807) is 50.1 Å². The molecule has 0 fully saturated rings. The van der Waals surface area contributed by atoms with Crippen LogP contribution >= 0.6 is 11.3 Å². The molecular weight excluding hydrogens is 476 g/mol. The first-order chi connectivity index (χ1) is 16.4. The van der Waals surface area contributed by atoms with Crippen molar-refractivity contribution in [2.45, 2.75) is 10.6 Å². The number of hydrogen-bond acceptors (Lipinski definition) is 8. The van der Waals surface area contributed by atoms with Crippen molar-refractivity contribution in [3.05, 3.63) is 65.3 Å². The minimum Gasteiger partial charge on any atom is -0.493 e. The van der Waals surface area contributed by atoms with Gasteiger partial charge in [-0.3, -0.25) is 9.71 Å². The lowest BCUT2D eigenvalue weighted by molar-refractivity contribution is 0.355. The van der Waals surface area contributed by atoms with Crippen LogP contribution in [-0.4, -0.2) is 41.8 Å². The standard InChI is InChI=1S/C24H24N2O6S2/c1-29-20-11-15-7-8-25-19(17(15)13-22(20)31-3)10-16-12-21(30-2)23(32-4)14-18(16)26-34(27,28)24-6-5-9-33-24/h5-9,11-14,26H,10H2,1-4H3. The van der Waals surface area contributed by atoms with E-state index >= 15 is 0 Å². The Morgan fingerprint density at radius 2 is 1.53 bits per heavy atom. The number of methoxy groups -OCH3 is 4. The molecular formula is C24H24N2O6S2. The van der Waals surface area contributed by atoms with Crippen molar-refractivity contribution in [3.63, 3.8) is 0 Å². The summed E-state index contributed by atoms with van der Waals surface area (Å²) in [6, 6.07) is 12.3. The van der Waals surface area contributed by atoms with Gasteiger partial charge in [0.15, 0.2) is 23.0 Å². The predicted molar refractivity (Wildman–Crippen MR) is 132 cm³/mol. The second-order valence-corrected chi connectivity index (χ2v) is 10.1. The number of nitrogens with zero attached hydrogens (tertiary/aromatic N) is 1. The van der Waals surface area contributed by atoms with Gasteiger partial charge in [-0.05, 0) is 46.7 Å². The average molecular weight is 501 g/mol. The topological polar surface area (TPSA) is 96.0 Å². The molecule has 0 bridgehead atoms. The van der Waals surface area contributed by atoms with Crippen molar-refractivity contribution < 1.29 is 27.4 Å². The number of rotatable bonds is 9. The van der Waals surface area contributed by atoms with Crippen LogP contribution in [0.1, 0.15) is 11.3 Å². The van der Waals surface area contributed by atoms with Crippen LogP contribution in [0.25, 0.3) is 10.8 Å². The first kappa shape index (κ1) is 23.7. The van der Waals surface area contributed by atoms with E-state index in [0.29, 0.717) is 40.7 Å². The van der Waals surface area contributed by atoms with E-state index in [-0.39, 0.29) is 4.21 Å². The number of ether oxygens (including phenoxy) is 4. The molecule has 4 aromatic rings. The summed E-state index contributed by atoms with van der Waals surface area (Å²) in [4.78, 5) is 4.58. The molecule has 0 spiro atoms. The van der Waals surface area contributed by atoms with Crippen LogP contribution in [-0.2, 0) is 16.4 Å². The number of fused-ring (bicyclic) bond motifs is 1. The summed E-state index contributed by atoms with van der Waals surface area (Å²) < 4.78 is 50.6. The summed E-state index contributed by atoms with van der Waals surface area (Å²) in [5.41, 5.74) is 1.79. The van der Waals surface area contributed by atoms with E-state index in [1.807, 2.05) is 18.2 Å². The summed E-state index contributed by atoms with van der Waals surface area (Å²) in [7, 11) is 2.42. The molecule has 2 heterocycles. The zero-order valence-electron chi connectivity index (χ0n) is 19.1. The monoisotopic (exact) mass is 500 g/mol. The average Bonchev–Trinajstić information content (AvgIpc) is 3.40. The molecule has 34 heavy (non-hydrogen) atoms. The molecule has 2 aromatic heterocycles. The summed E-state index contributed by atoms with van der Waals surface area (Å²) in [5, 5.41) is 3.50. The molecule has 2 aromatic carbocycles. The van der Waals surface area contributed by atoms with Gasteiger partial charge < -0.3 is 18.9 Å². The molecule has 0 amide bonds. The maximum absolute atomic E-state index is 13.0. The Hall–Kier alpha value is -3.50. The first-order valence-electron chi connectivity index (χ1n) is 10.2. The van der Waals surface area contributed by atoms with Crippen LogP contribution < -0.4 is 23.7 Å². The van der Waals surface area contributed by atoms with E-state index in [4.69, 9.17) is 18.9 Å². The molecule has 0 aliphatic heterocycles. The lowest BCUT2D eigenvalue weighted by Crippen LogP contribution is -2.13. The van der Waals surface area contributed by atoms with Crippen molar-refractivity contribution in [1.82, 2.24) is 4.98 Å². The number of hydrogen-bond donors (Lipinski definition) is 1. The number of nitrogens with one attached hydrogen (secondary N) is 1. The third-order valence-corrected chi connectivity index (χ3v) is 8.09. The highest BCUT2D eigenvalue weighted by Gasteiger charge is 2.21. The highest BCUT2D eigenvalue weighted by Crippen LogP contribution is 2.38.